The molecular weight excluding hydrogens is 250 g/mol. The maximum Gasteiger partial charge on any atom is 0.404 e. The Kier molecular flexibility index (Phi) is 5.75. The van der Waals surface area contributed by atoms with Gasteiger partial charge in [0, 0.05) is 12.6 Å². The van der Waals surface area contributed by atoms with E-state index in [0.29, 0.717) is 6.54 Å². The van der Waals surface area contributed by atoms with Crippen molar-refractivity contribution < 1.29 is 19.1 Å². The van der Waals surface area contributed by atoms with Gasteiger partial charge in [-0.2, -0.15) is 0 Å². The smallest absolute Gasteiger partial charge is 0.404 e. The average Bonchev–Trinajstić information content (AvgIpc) is 2.64. The zero-order valence-corrected chi connectivity index (χ0v) is 11.3. The monoisotopic (exact) mass is 271 g/mol. The Morgan fingerprint density at radius 3 is 2.63 bits per heavy atom. The number of rotatable bonds is 7. The van der Waals surface area contributed by atoms with E-state index in [4.69, 9.17) is 5.73 Å². The van der Waals surface area contributed by atoms with Crippen molar-refractivity contribution in [3.05, 3.63) is 0 Å². The van der Waals surface area contributed by atoms with Gasteiger partial charge in [0.2, 0.25) is 11.8 Å². The van der Waals surface area contributed by atoms with Gasteiger partial charge in [-0.3, -0.25) is 14.5 Å². The molecule has 7 nitrogen and oxygen atoms in total. The highest BCUT2D eigenvalue weighted by molar-refractivity contribution is 6.05. The first kappa shape index (κ1) is 15.4. The topological polar surface area (TPSA) is 102 Å². The standard InChI is InChI=1S/C12H21N3O4/c1-3-8(4-2)15-10(16)7-9(11(15)17)14-5-6-19-12(13)18/h8-9,14H,3-7H2,1-2H3,(H2,13,18). The summed E-state index contributed by atoms with van der Waals surface area (Å²) in [4.78, 5) is 35.7. The van der Waals surface area contributed by atoms with Crippen molar-refractivity contribution in [3.63, 3.8) is 0 Å². The Bertz CT molecular complexity index is 355. The third-order valence-electron chi connectivity index (χ3n) is 3.23. The van der Waals surface area contributed by atoms with E-state index in [0.717, 1.165) is 12.8 Å². The van der Waals surface area contributed by atoms with E-state index < -0.39 is 12.1 Å². The molecule has 0 aliphatic carbocycles. The number of nitrogens with one attached hydrogen (secondary N) is 1. The molecule has 0 aromatic rings. The fourth-order valence-electron chi connectivity index (χ4n) is 2.23. The summed E-state index contributed by atoms with van der Waals surface area (Å²) in [5.74, 6) is -0.343. The van der Waals surface area contributed by atoms with Gasteiger partial charge in [-0.15, -0.1) is 0 Å². The largest absolute Gasteiger partial charge is 0.448 e. The van der Waals surface area contributed by atoms with Gasteiger partial charge < -0.3 is 15.8 Å². The highest BCUT2D eigenvalue weighted by atomic mass is 16.5. The molecule has 1 saturated heterocycles. The SMILES string of the molecule is CCC(CC)N1C(=O)CC(NCCOC(N)=O)C1=O. The van der Waals surface area contributed by atoms with E-state index in [2.05, 4.69) is 10.1 Å². The second-order valence-corrected chi connectivity index (χ2v) is 4.45. The first-order valence-electron chi connectivity index (χ1n) is 6.52. The third-order valence-corrected chi connectivity index (χ3v) is 3.23. The minimum Gasteiger partial charge on any atom is -0.448 e. The van der Waals surface area contributed by atoms with Crippen LogP contribution in [0, 0.1) is 0 Å². The van der Waals surface area contributed by atoms with Crippen LogP contribution in [-0.4, -0.2) is 48.0 Å². The normalized spacial score (nSPS) is 19.3. The summed E-state index contributed by atoms with van der Waals surface area (Å²) in [6.45, 7) is 4.29. The Morgan fingerprint density at radius 1 is 1.47 bits per heavy atom. The summed E-state index contributed by atoms with van der Waals surface area (Å²) < 4.78 is 4.55. The highest BCUT2D eigenvalue weighted by Crippen LogP contribution is 2.19. The number of imide groups is 1. The van der Waals surface area contributed by atoms with Crippen LogP contribution in [0.2, 0.25) is 0 Å². The van der Waals surface area contributed by atoms with E-state index in [-0.39, 0.29) is 30.9 Å². The number of primary amides is 1. The molecule has 0 saturated carbocycles. The first-order valence-corrected chi connectivity index (χ1v) is 6.52. The third kappa shape index (κ3) is 3.92. The van der Waals surface area contributed by atoms with E-state index in [1.807, 2.05) is 13.8 Å². The molecule has 3 amide bonds. The molecule has 108 valence electrons. The number of carbonyl (C=O) groups is 3. The Labute approximate surface area is 112 Å². The van der Waals surface area contributed by atoms with Crippen molar-refractivity contribution in [2.45, 2.75) is 45.2 Å². The van der Waals surface area contributed by atoms with Crippen molar-refractivity contribution >= 4 is 17.9 Å². The summed E-state index contributed by atoms with van der Waals surface area (Å²) in [6.07, 6.45) is 0.817. The molecule has 19 heavy (non-hydrogen) atoms. The van der Waals surface area contributed by atoms with E-state index >= 15 is 0 Å². The van der Waals surface area contributed by atoms with Crippen LogP contribution < -0.4 is 11.1 Å². The Morgan fingerprint density at radius 2 is 2.11 bits per heavy atom. The average molecular weight is 271 g/mol. The van der Waals surface area contributed by atoms with Crippen LogP contribution >= 0.6 is 0 Å². The van der Waals surface area contributed by atoms with Gasteiger partial charge in [0.05, 0.1) is 12.5 Å². The summed E-state index contributed by atoms with van der Waals surface area (Å²) in [5, 5.41) is 2.91. The molecule has 0 aromatic carbocycles. The molecule has 1 aliphatic heterocycles. The summed E-state index contributed by atoms with van der Waals surface area (Å²) >= 11 is 0. The molecule has 1 rings (SSSR count). The quantitative estimate of drug-likeness (QED) is 0.501. The molecule has 7 heteroatoms. The molecule has 3 N–H and O–H groups in total. The van der Waals surface area contributed by atoms with Crippen LogP contribution in [0.1, 0.15) is 33.1 Å². The number of ether oxygens (including phenoxy) is 1. The molecular formula is C12H21N3O4. The fourth-order valence-corrected chi connectivity index (χ4v) is 2.23. The number of amides is 3. The molecule has 1 atom stereocenters. The minimum atomic E-state index is -0.853. The molecule has 1 unspecified atom stereocenters. The number of likely N-dealkylation sites (tertiary alicyclic amines) is 1. The van der Waals surface area contributed by atoms with Gasteiger partial charge in [0.1, 0.15) is 6.61 Å². The molecule has 0 radical (unpaired) electrons. The Hall–Kier alpha value is -1.63. The summed E-state index contributed by atoms with van der Waals surface area (Å²) in [5.41, 5.74) is 4.82. The van der Waals surface area contributed by atoms with Crippen LogP contribution in [0.15, 0.2) is 0 Å². The van der Waals surface area contributed by atoms with Crippen molar-refractivity contribution in [2.24, 2.45) is 5.73 Å². The number of nitrogens with two attached hydrogens (primary N) is 1. The van der Waals surface area contributed by atoms with Gasteiger partial charge >= 0.3 is 6.09 Å². The lowest BCUT2D eigenvalue weighted by atomic mass is 10.1. The second kappa shape index (κ2) is 7.08. The molecule has 1 fully saturated rings. The van der Waals surface area contributed by atoms with Crippen LogP contribution in [-0.2, 0) is 14.3 Å². The summed E-state index contributed by atoms with van der Waals surface area (Å²) in [6, 6.07) is -0.557. The van der Waals surface area contributed by atoms with E-state index in [1.165, 1.54) is 4.90 Å². The maximum atomic E-state index is 12.1. The van der Waals surface area contributed by atoms with E-state index in [1.54, 1.807) is 0 Å². The van der Waals surface area contributed by atoms with Crippen molar-refractivity contribution in [2.75, 3.05) is 13.2 Å². The lowest BCUT2D eigenvalue weighted by Crippen LogP contribution is -2.44. The van der Waals surface area contributed by atoms with Gasteiger partial charge in [-0.25, -0.2) is 4.79 Å². The minimum absolute atomic E-state index is 0.0336. The fraction of sp³-hybridized carbons (Fsp3) is 0.750. The summed E-state index contributed by atoms with van der Waals surface area (Å²) in [7, 11) is 0. The molecule has 1 heterocycles. The van der Waals surface area contributed by atoms with Gasteiger partial charge in [-0.1, -0.05) is 13.8 Å². The van der Waals surface area contributed by atoms with Gasteiger partial charge in [0.15, 0.2) is 0 Å². The second-order valence-electron chi connectivity index (χ2n) is 4.45. The predicted octanol–water partition coefficient (Wildman–Crippen LogP) is -0.0126. The highest BCUT2D eigenvalue weighted by Gasteiger charge is 2.40. The van der Waals surface area contributed by atoms with Crippen LogP contribution in [0.25, 0.3) is 0 Å². The number of hydrogen-bond acceptors (Lipinski definition) is 5. The van der Waals surface area contributed by atoms with Crippen LogP contribution in [0.3, 0.4) is 0 Å². The maximum absolute atomic E-state index is 12.1. The van der Waals surface area contributed by atoms with Crippen molar-refractivity contribution in [1.82, 2.24) is 10.2 Å². The Balaban J connectivity index is 2.48. The van der Waals surface area contributed by atoms with Crippen LogP contribution in [0.5, 0.6) is 0 Å². The van der Waals surface area contributed by atoms with Crippen molar-refractivity contribution in [3.8, 4) is 0 Å². The van der Waals surface area contributed by atoms with Crippen molar-refractivity contribution in [1.29, 1.82) is 0 Å². The number of carbonyl (C=O) groups excluding carboxylic acids is 3. The lowest BCUT2D eigenvalue weighted by molar-refractivity contribution is -0.141. The number of hydrogen-bond donors (Lipinski definition) is 2. The molecule has 0 bridgehead atoms. The molecule has 0 aromatic heterocycles. The zero-order chi connectivity index (χ0) is 14.4. The predicted molar refractivity (Wildman–Crippen MR) is 68.2 cm³/mol. The molecule has 0 spiro atoms. The van der Waals surface area contributed by atoms with Crippen LogP contribution in [0.4, 0.5) is 4.79 Å². The van der Waals surface area contributed by atoms with Gasteiger partial charge in [0.25, 0.3) is 0 Å². The zero-order valence-electron chi connectivity index (χ0n) is 11.3. The first-order chi connectivity index (χ1) is 9.01. The van der Waals surface area contributed by atoms with E-state index in [9.17, 15) is 14.4 Å². The number of nitrogens with zero attached hydrogens (tertiary/aromatic N) is 1. The molecule has 1 aliphatic rings. The van der Waals surface area contributed by atoms with Gasteiger partial charge in [-0.05, 0) is 12.8 Å². The lowest BCUT2D eigenvalue weighted by Gasteiger charge is -2.24.